The first-order valence-corrected chi connectivity index (χ1v) is 5.56. The molecule has 0 bridgehead atoms. The molecular formula is C14H15NO2. The van der Waals surface area contributed by atoms with Crippen LogP contribution in [-0.4, -0.2) is 17.1 Å². The second-order valence-electron chi connectivity index (χ2n) is 3.85. The Labute approximate surface area is 100 Å². The number of hydrogen-bond donors (Lipinski definition) is 0. The monoisotopic (exact) mass is 229 g/mol. The van der Waals surface area contributed by atoms with Gasteiger partial charge >= 0.3 is 5.97 Å². The molecule has 1 heterocycles. The Morgan fingerprint density at radius 3 is 2.94 bits per heavy atom. The van der Waals surface area contributed by atoms with E-state index >= 15 is 0 Å². The van der Waals surface area contributed by atoms with Gasteiger partial charge in [0, 0.05) is 24.1 Å². The standard InChI is InChI=1S/C14H15NO2/c1-4-10-6-7-13-11(8-10)12(9-15(13)3)14(16)17-5-2/h4,6-9H,1,5H2,2-3H3. The Kier molecular flexibility index (Phi) is 3.00. The van der Waals surface area contributed by atoms with E-state index in [2.05, 4.69) is 6.58 Å². The summed E-state index contributed by atoms with van der Waals surface area (Å²) >= 11 is 0. The highest BCUT2D eigenvalue weighted by atomic mass is 16.5. The third-order valence-corrected chi connectivity index (χ3v) is 2.74. The number of ether oxygens (including phenoxy) is 1. The molecule has 0 aliphatic carbocycles. The Bertz CT molecular complexity index is 581. The normalized spacial score (nSPS) is 10.5. The van der Waals surface area contributed by atoms with E-state index in [9.17, 15) is 4.79 Å². The number of carbonyl (C=O) groups is 1. The third-order valence-electron chi connectivity index (χ3n) is 2.74. The molecule has 1 aromatic carbocycles. The average molecular weight is 229 g/mol. The maximum absolute atomic E-state index is 11.8. The highest BCUT2D eigenvalue weighted by Gasteiger charge is 2.14. The lowest BCUT2D eigenvalue weighted by atomic mass is 10.1. The number of aromatic nitrogens is 1. The van der Waals surface area contributed by atoms with Crippen molar-refractivity contribution in [2.24, 2.45) is 7.05 Å². The fraction of sp³-hybridized carbons (Fsp3) is 0.214. The lowest BCUT2D eigenvalue weighted by molar-refractivity contribution is 0.0528. The molecule has 0 N–H and O–H groups in total. The van der Waals surface area contributed by atoms with Crippen LogP contribution in [0.25, 0.3) is 17.0 Å². The molecule has 0 fully saturated rings. The first-order valence-electron chi connectivity index (χ1n) is 5.56. The Balaban J connectivity index is 2.62. The predicted octanol–water partition coefficient (Wildman–Crippen LogP) is 3.00. The summed E-state index contributed by atoms with van der Waals surface area (Å²) in [6, 6.07) is 5.91. The van der Waals surface area contributed by atoms with E-state index in [4.69, 9.17) is 4.74 Å². The van der Waals surface area contributed by atoms with Crippen LogP contribution in [0.4, 0.5) is 0 Å². The minimum absolute atomic E-state index is 0.278. The first-order chi connectivity index (χ1) is 8.17. The number of carbonyl (C=O) groups excluding carboxylic acids is 1. The van der Waals surface area contributed by atoms with Gasteiger partial charge in [0.05, 0.1) is 12.2 Å². The SMILES string of the molecule is C=Cc1ccc2c(c1)c(C(=O)OCC)cn2C. The smallest absolute Gasteiger partial charge is 0.340 e. The van der Waals surface area contributed by atoms with E-state index in [0.29, 0.717) is 12.2 Å². The largest absolute Gasteiger partial charge is 0.462 e. The number of rotatable bonds is 3. The summed E-state index contributed by atoms with van der Waals surface area (Å²) in [5.41, 5.74) is 2.61. The molecule has 0 spiro atoms. The molecule has 0 radical (unpaired) electrons. The van der Waals surface area contributed by atoms with Crippen molar-refractivity contribution in [1.82, 2.24) is 4.57 Å². The maximum atomic E-state index is 11.8. The highest BCUT2D eigenvalue weighted by molar-refractivity contribution is 6.04. The molecule has 3 heteroatoms. The number of fused-ring (bicyclic) bond motifs is 1. The second-order valence-corrected chi connectivity index (χ2v) is 3.85. The zero-order valence-corrected chi connectivity index (χ0v) is 10.1. The van der Waals surface area contributed by atoms with Gasteiger partial charge in [-0.25, -0.2) is 4.79 Å². The topological polar surface area (TPSA) is 31.2 Å². The number of esters is 1. The van der Waals surface area contributed by atoms with E-state index < -0.39 is 0 Å². The van der Waals surface area contributed by atoms with Crippen LogP contribution in [0.1, 0.15) is 22.8 Å². The van der Waals surface area contributed by atoms with E-state index in [1.165, 1.54) is 0 Å². The summed E-state index contributed by atoms with van der Waals surface area (Å²) in [6.45, 7) is 5.92. The van der Waals surface area contributed by atoms with E-state index in [0.717, 1.165) is 16.5 Å². The first kappa shape index (κ1) is 11.5. The Morgan fingerprint density at radius 2 is 2.29 bits per heavy atom. The summed E-state index contributed by atoms with van der Waals surface area (Å²) in [4.78, 5) is 11.8. The number of aryl methyl sites for hydroxylation is 1. The van der Waals surface area contributed by atoms with Crippen LogP contribution in [0.3, 0.4) is 0 Å². The van der Waals surface area contributed by atoms with Crippen molar-refractivity contribution in [2.45, 2.75) is 6.92 Å². The summed E-state index contributed by atoms with van der Waals surface area (Å²) in [7, 11) is 1.92. The zero-order valence-electron chi connectivity index (χ0n) is 10.1. The Morgan fingerprint density at radius 1 is 1.53 bits per heavy atom. The molecule has 0 amide bonds. The fourth-order valence-electron chi connectivity index (χ4n) is 1.91. The molecule has 0 atom stereocenters. The molecule has 88 valence electrons. The van der Waals surface area contributed by atoms with Gasteiger partial charge in [-0.3, -0.25) is 0 Å². The molecule has 2 rings (SSSR count). The van der Waals surface area contributed by atoms with Crippen molar-refractivity contribution < 1.29 is 9.53 Å². The van der Waals surface area contributed by atoms with Crippen molar-refractivity contribution >= 4 is 22.9 Å². The molecule has 0 saturated heterocycles. The number of benzene rings is 1. The molecule has 0 aliphatic rings. The second kappa shape index (κ2) is 4.45. The van der Waals surface area contributed by atoms with Crippen LogP contribution in [0.2, 0.25) is 0 Å². The lowest BCUT2D eigenvalue weighted by Crippen LogP contribution is -2.03. The molecule has 1 aromatic heterocycles. The van der Waals surface area contributed by atoms with Crippen LogP contribution < -0.4 is 0 Å². The summed E-state index contributed by atoms with van der Waals surface area (Å²) in [5.74, 6) is -0.278. The number of hydrogen-bond acceptors (Lipinski definition) is 2. The van der Waals surface area contributed by atoms with Gasteiger partial charge in [-0.15, -0.1) is 0 Å². The predicted molar refractivity (Wildman–Crippen MR) is 69.0 cm³/mol. The average Bonchev–Trinajstić information content (AvgIpc) is 2.66. The molecular weight excluding hydrogens is 214 g/mol. The fourth-order valence-corrected chi connectivity index (χ4v) is 1.91. The van der Waals surface area contributed by atoms with Crippen LogP contribution in [-0.2, 0) is 11.8 Å². The van der Waals surface area contributed by atoms with Crippen molar-refractivity contribution in [1.29, 1.82) is 0 Å². The van der Waals surface area contributed by atoms with Crippen LogP contribution in [0, 0.1) is 0 Å². The van der Waals surface area contributed by atoms with Crippen molar-refractivity contribution in [2.75, 3.05) is 6.61 Å². The maximum Gasteiger partial charge on any atom is 0.340 e. The molecule has 2 aromatic rings. The number of nitrogens with zero attached hydrogens (tertiary/aromatic N) is 1. The third kappa shape index (κ3) is 1.96. The summed E-state index contributed by atoms with van der Waals surface area (Å²) in [6.07, 6.45) is 3.57. The van der Waals surface area contributed by atoms with Gasteiger partial charge < -0.3 is 9.30 Å². The molecule has 0 saturated carbocycles. The minimum Gasteiger partial charge on any atom is -0.462 e. The summed E-state index contributed by atoms with van der Waals surface area (Å²) in [5, 5.41) is 0.906. The van der Waals surface area contributed by atoms with Gasteiger partial charge in [0.15, 0.2) is 0 Å². The van der Waals surface area contributed by atoms with Gasteiger partial charge in [-0.2, -0.15) is 0 Å². The van der Waals surface area contributed by atoms with E-state index in [1.54, 1.807) is 19.2 Å². The highest BCUT2D eigenvalue weighted by Crippen LogP contribution is 2.23. The summed E-state index contributed by atoms with van der Waals surface area (Å²) < 4.78 is 6.97. The van der Waals surface area contributed by atoms with Crippen molar-refractivity contribution in [3.63, 3.8) is 0 Å². The quantitative estimate of drug-likeness (QED) is 0.757. The molecule has 0 aliphatic heterocycles. The van der Waals surface area contributed by atoms with Crippen LogP contribution in [0.15, 0.2) is 31.0 Å². The Hall–Kier alpha value is -2.03. The van der Waals surface area contributed by atoms with Crippen LogP contribution in [0.5, 0.6) is 0 Å². The zero-order chi connectivity index (χ0) is 12.4. The van der Waals surface area contributed by atoms with Gasteiger partial charge in [0.25, 0.3) is 0 Å². The van der Waals surface area contributed by atoms with E-state index in [1.807, 2.05) is 29.8 Å². The van der Waals surface area contributed by atoms with Gasteiger partial charge in [0.1, 0.15) is 0 Å². The van der Waals surface area contributed by atoms with Crippen LogP contribution >= 0.6 is 0 Å². The minimum atomic E-state index is -0.278. The van der Waals surface area contributed by atoms with E-state index in [-0.39, 0.29) is 5.97 Å². The lowest BCUT2D eigenvalue weighted by Gasteiger charge is -2.00. The molecule has 3 nitrogen and oxygen atoms in total. The molecule has 0 unspecified atom stereocenters. The van der Waals surface area contributed by atoms with Gasteiger partial charge in [-0.1, -0.05) is 18.7 Å². The molecule has 17 heavy (non-hydrogen) atoms. The van der Waals surface area contributed by atoms with Gasteiger partial charge in [0.2, 0.25) is 0 Å². The van der Waals surface area contributed by atoms with Gasteiger partial charge in [-0.05, 0) is 24.6 Å². The van der Waals surface area contributed by atoms with Crippen molar-refractivity contribution in [3.05, 3.63) is 42.1 Å². The van der Waals surface area contributed by atoms with Crippen molar-refractivity contribution in [3.8, 4) is 0 Å².